The van der Waals surface area contributed by atoms with Gasteiger partial charge in [0.15, 0.2) is 0 Å². The molecule has 13 heteroatoms. The largest absolute Gasteiger partial charge is 0.787 e. The van der Waals surface area contributed by atoms with E-state index in [0.29, 0.717) is 0 Å². The van der Waals surface area contributed by atoms with E-state index in [2.05, 4.69) is 41.2 Å². The monoisotopic (exact) mass is 236 g/mol. The average molecular weight is 236 g/mol. The molecule has 0 aliphatic rings. The van der Waals surface area contributed by atoms with Crippen LogP contribution in [0, 0.1) is 10.4 Å². The van der Waals surface area contributed by atoms with Crippen LogP contribution >= 0.6 is 0 Å². The van der Waals surface area contributed by atoms with Gasteiger partial charge < -0.3 is 14.9 Å². The van der Waals surface area contributed by atoms with Crippen LogP contribution in [0.4, 0.5) is 0 Å². The van der Waals surface area contributed by atoms with Crippen molar-refractivity contribution in [3.05, 3.63) is 10.4 Å². The molecule has 0 saturated heterocycles. The van der Waals surface area contributed by atoms with Crippen molar-refractivity contribution in [3.8, 4) is 23.4 Å². The van der Waals surface area contributed by atoms with Crippen molar-refractivity contribution in [1.82, 2.24) is 50.9 Å². The van der Waals surface area contributed by atoms with E-state index in [9.17, 15) is 10.4 Å². The Hall–Kier alpha value is -3.12. The molecule has 17 heavy (non-hydrogen) atoms. The molecule has 0 fully saturated rings. The van der Waals surface area contributed by atoms with Gasteiger partial charge in [0, 0.05) is 0 Å². The Kier molecular flexibility index (Phi) is 1.71. The minimum atomic E-state index is -0.284. The van der Waals surface area contributed by atoms with E-state index >= 15 is 0 Å². The maximum atomic E-state index is 11.0. The van der Waals surface area contributed by atoms with Crippen molar-refractivity contribution >= 4 is 0 Å². The topological polar surface area (TPSA) is 172 Å². The maximum Gasteiger partial charge on any atom is 0.297 e. The first-order chi connectivity index (χ1) is 8.25. The lowest BCUT2D eigenvalue weighted by Crippen LogP contribution is -1.95. The third kappa shape index (κ3) is 1.33. The van der Waals surface area contributed by atoms with Gasteiger partial charge in [0.25, 0.3) is 5.89 Å². The SMILES string of the molecule is [O-]n1nnnc1-c1noc(-c2nnnn2[O-])n1. The van der Waals surface area contributed by atoms with Crippen LogP contribution in [-0.2, 0) is 0 Å². The Morgan fingerprint density at radius 1 is 0.941 bits per heavy atom. The Labute approximate surface area is 90.2 Å². The van der Waals surface area contributed by atoms with Crippen LogP contribution in [0.25, 0.3) is 23.4 Å². The van der Waals surface area contributed by atoms with Crippen LogP contribution in [0.3, 0.4) is 0 Å². The van der Waals surface area contributed by atoms with E-state index in [1.165, 1.54) is 0 Å². The number of aromatic nitrogens is 10. The molecule has 13 nitrogen and oxygen atoms in total. The summed E-state index contributed by atoms with van der Waals surface area (Å²) < 4.78 is 4.70. The predicted octanol–water partition coefficient (Wildman–Crippen LogP) is -1.93. The Morgan fingerprint density at radius 2 is 1.59 bits per heavy atom. The summed E-state index contributed by atoms with van der Waals surface area (Å²) in [5.41, 5.74) is 0. The van der Waals surface area contributed by atoms with Crippen LogP contribution in [0.1, 0.15) is 0 Å². The number of nitrogens with zero attached hydrogens (tertiary/aromatic N) is 10. The Morgan fingerprint density at radius 3 is 2.18 bits per heavy atom. The molecule has 0 unspecified atom stereocenters. The molecule has 0 aliphatic carbocycles. The zero-order valence-corrected chi connectivity index (χ0v) is 7.70. The first-order valence-electron chi connectivity index (χ1n) is 4.02. The third-order valence-electron chi connectivity index (χ3n) is 1.70. The summed E-state index contributed by atoms with van der Waals surface area (Å²) in [7, 11) is 0. The van der Waals surface area contributed by atoms with Crippen molar-refractivity contribution in [1.29, 1.82) is 0 Å². The van der Waals surface area contributed by atoms with Crippen molar-refractivity contribution in [2.75, 3.05) is 0 Å². The van der Waals surface area contributed by atoms with Crippen LogP contribution < -0.4 is 0 Å². The molecular weight excluding hydrogens is 236 g/mol. The molecule has 86 valence electrons. The Balaban J connectivity index is 2.05. The number of hydrogen-bond acceptors (Lipinski definition) is 11. The molecule has 0 aliphatic heterocycles. The molecule has 0 radical (unpaired) electrons. The molecule has 3 rings (SSSR count). The highest BCUT2D eigenvalue weighted by Gasteiger charge is 2.17. The number of rotatable bonds is 2. The van der Waals surface area contributed by atoms with Crippen LogP contribution in [0.5, 0.6) is 0 Å². The Bertz CT molecular complexity index is 597. The standard InChI is InChI=1S/C4N10O3/c15-13-2(6-9-11-13)1-5-4(17-8-1)3-7-10-12-14(3)16/q-2. The summed E-state index contributed by atoms with van der Waals surface area (Å²) in [4.78, 5) is 3.91. The summed E-state index contributed by atoms with van der Waals surface area (Å²) >= 11 is 0. The van der Waals surface area contributed by atoms with E-state index < -0.39 is 0 Å². The fourth-order valence-corrected chi connectivity index (χ4v) is 1.02. The highest BCUT2D eigenvalue weighted by molar-refractivity contribution is 5.48. The molecule has 0 aromatic carbocycles. The highest BCUT2D eigenvalue weighted by atomic mass is 16.5. The van der Waals surface area contributed by atoms with Crippen LogP contribution in [0.2, 0.25) is 0 Å². The van der Waals surface area contributed by atoms with Gasteiger partial charge in [-0.25, -0.2) is 4.85 Å². The van der Waals surface area contributed by atoms with Gasteiger partial charge in [0.05, 0.1) is 0 Å². The second-order valence-electron chi connectivity index (χ2n) is 2.67. The first kappa shape index (κ1) is 9.13. The molecule has 0 atom stereocenters. The third-order valence-corrected chi connectivity index (χ3v) is 1.70. The van der Waals surface area contributed by atoms with Gasteiger partial charge >= 0.3 is 0 Å². The number of hydrogen-bond donors (Lipinski definition) is 0. The fourth-order valence-electron chi connectivity index (χ4n) is 1.02. The lowest BCUT2D eigenvalue weighted by atomic mass is 10.5. The summed E-state index contributed by atoms with van der Waals surface area (Å²) in [6, 6.07) is 0. The van der Waals surface area contributed by atoms with Gasteiger partial charge in [0.2, 0.25) is 17.5 Å². The van der Waals surface area contributed by atoms with E-state index in [1.54, 1.807) is 0 Å². The summed E-state index contributed by atoms with van der Waals surface area (Å²) in [6.45, 7) is 0. The van der Waals surface area contributed by atoms with Crippen LogP contribution in [-0.4, -0.2) is 50.9 Å². The molecule has 0 spiro atoms. The van der Waals surface area contributed by atoms with Gasteiger partial charge in [-0.2, -0.15) is 4.98 Å². The second kappa shape index (κ2) is 3.19. The maximum absolute atomic E-state index is 11.0. The van der Waals surface area contributed by atoms with Gasteiger partial charge in [0.1, 0.15) is 0 Å². The minimum absolute atomic E-state index is 0.0947. The van der Waals surface area contributed by atoms with E-state index in [0.717, 1.165) is 0 Å². The fraction of sp³-hybridized carbons (Fsp3) is 0. The summed E-state index contributed by atoms with van der Waals surface area (Å²) in [5, 5.41) is 44.5. The molecule has 0 saturated carbocycles. The molecule has 0 N–H and O–H groups in total. The first-order valence-corrected chi connectivity index (χ1v) is 4.02. The smallest absolute Gasteiger partial charge is 0.297 e. The van der Waals surface area contributed by atoms with Crippen molar-refractivity contribution in [3.63, 3.8) is 0 Å². The highest BCUT2D eigenvalue weighted by Crippen LogP contribution is 2.16. The lowest BCUT2D eigenvalue weighted by Gasteiger charge is -2.01. The zero-order chi connectivity index (χ0) is 11.8. The normalized spacial score (nSPS) is 10.8. The van der Waals surface area contributed by atoms with Crippen molar-refractivity contribution in [2.45, 2.75) is 0 Å². The minimum Gasteiger partial charge on any atom is -0.787 e. The molecule has 0 bridgehead atoms. The number of tetrazole rings is 2. The molecule has 0 amide bonds. The van der Waals surface area contributed by atoms with Crippen molar-refractivity contribution < 1.29 is 4.52 Å². The quantitative estimate of drug-likeness (QED) is 0.484. The molecule has 3 aromatic heterocycles. The van der Waals surface area contributed by atoms with Gasteiger partial charge in [-0.05, 0) is 20.9 Å². The van der Waals surface area contributed by atoms with Gasteiger partial charge in [-0.3, -0.25) is 4.85 Å². The molecule has 3 heterocycles. The lowest BCUT2D eigenvalue weighted by molar-refractivity contribution is 0.427. The van der Waals surface area contributed by atoms with Crippen molar-refractivity contribution in [2.24, 2.45) is 0 Å². The molecular formula is C4N10O3-2. The average Bonchev–Trinajstić information content (AvgIpc) is 2.97. The zero-order valence-electron chi connectivity index (χ0n) is 7.70. The van der Waals surface area contributed by atoms with E-state index in [-0.39, 0.29) is 33.1 Å². The van der Waals surface area contributed by atoms with E-state index in [4.69, 9.17) is 4.52 Å². The predicted molar refractivity (Wildman–Crippen MR) is 45.4 cm³/mol. The summed E-state index contributed by atoms with van der Waals surface area (Å²) in [5.74, 6) is -0.968. The van der Waals surface area contributed by atoms with Crippen LogP contribution in [0.15, 0.2) is 4.52 Å². The van der Waals surface area contributed by atoms with Gasteiger partial charge in [-0.1, -0.05) is 5.16 Å². The van der Waals surface area contributed by atoms with E-state index in [1.807, 2.05) is 0 Å². The summed E-state index contributed by atoms with van der Waals surface area (Å²) in [6.07, 6.45) is 0. The van der Waals surface area contributed by atoms with Gasteiger partial charge in [-0.15, -0.1) is 10.2 Å². The molecule has 3 aromatic rings. The second-order valence-corrected chi connectivity index (χ2v) is 2.67.